The molecule has 1 aliphatic carbocycles. The Balaban J connectivity index is 1.62. The van der Waals surface area contributed by atoms with E-state index in [4.69, 9.17) is 11.6 Å². The first-order valence-corrected chi connectivity index (χ1v) is 8.45. The van der Waals surface area contributed by atoms with E-state index in [1.165, 1.54) is 18.4 Å². The molecule has 0 aromatic heterocycles. The molecular weight excluding hydrogens is 284 g/mol. The second kappa shape index (κ2) is 6.80. The number of likely N-dealkylation sites (tertiary alicyclic amines) is 1. The maximum absolute atomic E-state index is 12.0. The standard InChI is InChI=1S/C17H23ClN2O/c18-11-17(21)20(15-8-9-15)13-16-7-4-10-19(16)12-14-5-2-1-3-6-14/h1-3,5-6,15-16H,4,7-13H2/t16-/m0/s1. The highest BCUT2D eigenvalue weighted by molar-refractivity contribution is 6.27. The third-order valence-electron chi connectivity index (χ3n) is 4.56. The molecule has 1 aliphatic heterocycles. The maximum Gasteiger partial charge on any atom is 0.237 e. The number of carbonyl (C=O) groups excluding carboxylic acids is 1. The fourth-order valence-electron chi connectivity index (χ4n) is 3.27. The molecule has 1 heterocycles. The zero-order valence-electron chi connectivity index (χ0n) is 12.4. The van der Waals surface area contributed by atoms with Crippen LogP contribution in [-0.4, -0.2) is 46.8 Å². The highest BCUT2D eigenvalue weighted by atomic mass is 35.5. The lowest BCUT2D eigenvalue weighted by molar-refractivity contribution is -0.129. The number of amides is 1. The van der Waals surface area contributed by atoms with E-state index < -0.39 is 0 Å². The van der Waals surface area contributed by atoms with Gasteiger partial charge >= 0.3 is 0 Å². The van der Waals surface area contributed by atoms with E-state index in [1.807, 2.05) is 4.90 Å². The molecule has 114 valence electrons. The van der Waals surface area contributed by atoms with Crippen LogP contribution < -0.4 is 0 Å². The van der Waals surface area contributed by atoms with Crippen LogP contribution in [0.25, 0.3) is 0 Å². The third-order valence-corrected chi connectivity index (χ3v) is 4.79. The van der Waals surface area contributed by atoms with Crippen LogP contribution in [0.5, 0.6) is 0 Å². The molecule has 0 radical (unpaired) electrons. The highest BCUT2D eigenvalue weighted by Crippen LogP contribution is 2.30. The first kappa shape index (κ1) is 14.9. The van der Waals surface area contributed by atoms with Gasteiger partial charge in [-0.15, -0.1) is 11.6 Å². The van der Waals surface area contributed by atoms with Crippen molar-refractivity contribution in [3.8, 4) is 0 Å². The van der Waals surface area contributed by atoms with Crippen LogP contribution in [-0.2, 0) is 11.3 Å². The van der Waals surface area contributed by atoms with Gasteiger partial charge in [0.15, 0.2) is 0 Å². The number of benzene rings is 1. The van der Waals surface area contributed by atoms with Crippen molar-refractivity contribution in [1.29, 1.82) is 0 Å². The normalized spacial score (nSPS) is 22.4. The predicted octanol–water partition coefficient (Wildman–Crippen LogP) is 2.88. The number of hydrogen-bond acceptors (Lipinski definition) is 2. The number of halogens is 1. The average molecular weight is 307 g/mol. The van der Waals surface area contributed by atoms with E-state index in [9.17, 15) is 4.79 Å². The molecule has 0 unspecified atom stereocenters. The molecule has 21 heavy (non-hydrogen) atoms. The smallest absolute Gasteiger partial charge is 0.237 e. The minimum absolute atomic E-state index is 0.103. The molecule has 2 aliphatic rings. The molecule has 1 aromatic rings. The summed E-state index contributed by atoms with van der Waals surface area (Å²) in [5, 5.41) is 0. The van der Waals surface area contributed by atoms with Gasteiger partial charge in [0.05, 0.1) is 0 Å². The van der Waals surface area contributed by atoms with Crippen LogP contribution in [0.15, 0.2) is 30.3 Å². The molecule has 1 saturated heterocycles. The molecule has 3 rings (SSSR count). The summed E-state index contributed by atoms with van der Waals surface area (Å²) in [4.78, 5) is 16.6. The lowest BCUT2D eigenvalue weighted by Crippen LogP contribution is -2.44. The monoisotopic (exact) mass is 306 g/mol. The van der Waals surface area contributed by atoms with E-state index in [1.54, 1.807) is 0 Å². The quantitative estimate of drug-likeness (QED) is 0.755. The average Bonchev–Trinajstić information content (AvgIpc) is 3.27. The van der Waals surface area contributed by atoms with E-state index in [2.05, 4.69) is 35.2 Å². The van der Waals surface area contributed by atoms with Crippen molar-refractivity contribution in [1.82, 2.24) is 9.80 Å². The van der Waals surface area contributed by atoms with Crippen molar-refractivity contribution in [2.75, 3.05) is 19.0 Å². The Kier molecular flexibility index (Phi) is 4.81. The molecule has 1 atom stereocenters. The highest BCUT2D eigenvalue weighted by Gasteiger charge is 2.35. The Morgan fingerprint density at radius 2 is 2.00 bits per heavy atom. The van der Waals surface area contributed by atoms with Crippen molar-refractivity contribution < 1.29 is 4.79 Å². The van der Waals surface area contributed by atoms with Crippen molar-refractivity contribution in [2.24, 2.45) is 0 Å². The van der Waals surface area contributed by atoms with Crippen LogP contribution in [0, 0.1) is 0 Å². The number of alkyl halides is 1. The SMILES string of the molecule is O=C(CCl)N(C[C@@H]1CCCN1Cc1ccccc1)C1CC1. The van der Waals surface area contributed by atoms with Gasteiger partial charge in [0, 0.05) is 25.2 Å². The van der Waals surface area contributed by atoms with Crippen molar-refractivity contribution in [2.45, 2.75) is 44.3 Å². The molecule has 0 spiro atoms. The Labute approximate surface area is 131 Å². The summed E-state index contributed by atoms with van der Waals surface area (Å²) in [6.07, 6.45) is 4.71. The second-order valence-electron chi connectivity index (χ2n) is 6.16. The van der Waals surface area contributed by atoms with Gasteiger partial charge in [0.1, 0.15) is 5.88 Å². The molecule has 0 bridgehead atoms. The minimum atomic E-state index is 0.103. The first-order chi connectivity index (χ1) is 10.3. The summed E-state index contributed by atoms with van der Waals surface area (Å²) in [5.41, 5.74) is 1.35. The van der Waals surface area contributed by atoms with E-state index in [0.717, 1.165) is 32.5 Å². The predicted molar refractivity (Wildman–Crippen MR) is 85.3 cm³/mol. The topological polar surface area (TPSA) is 23.6 Å². The first-order valence-electron chi connectivity index (χ1n) is 7.91. The van der Waals surface area contributed by atoms with E-state index in [0.29, 0.717) is 12.1 Å². The fourth-order valence-corrected chi connectivity index (χ4v) is 3.43. The van der Waals surface area contributed by atoms with Gasteiger partial charge in [-0.05, 0) is 37.8 Å². The van der Waals surface area contributed by atoms with E-state index >= 15 is 0 Å². The van der Waals surface area contributed by atoms with Gasteiger partial charge in [-0.25, -0.2) is 0 Å². The van der Waals surface area contributed by atoms with E-state index in [-0.39, 0.29) is 11.8 Å². The van der Waals surface area contributed by atoms with Gasteiger partial charge in [-0.2, -0.15) is 0 Å². The lowest BCUT2D eigenvalue weighted by atomic mass is 10.1. The molecule has 2 fully saturated rings. The Hall–Kier alpha value is -1.06. The van der Waals surface area contributed by atoms with Gasteiger partial charge in [0.2, 0.25) is 5.91 Å². The number of nitrogens with zero attached hydrogens (tertiary/aromatic N) is 2. The van der Waals surface area contributed by atoms with Crippen molar-refractivity contribution >= 4 is 17.5 Å². The van der Waals surface area contributed by atoms with Gasteiger partial charge in [-0.3, -0.25) is 9.69 Å². The summed E-state index contributed by atoms with van der Waals surface area (Å²) in [7, 11) is 0. The molecule has 4 heteroatoms. The minimum Gasteiger partial charge on any atom is -0.337 e. The van der Waals surface area contributed by atoms with Crippen LogP contribution in [0.3, 0.4) is 0 Å². The Morgan fingerprint density at radius 3 is 2.67 bits per heavy atom. The van der Waals surface area contributed by atoms with Crippen LogP contribution in [0.2, 0.25) is 0 Å². The number of hydrogen-bond donors (Lipinski definition) is 0. The summed E-state index contributed by atoms with van der Waals surface area (Å²) in [5.74, 6) is 0.216. The van der Waals surface area contributed by atoms with Gasteiger partial charge in [-0.1, -0.05) is 30.3 Å². The van der Waals surface area contributed by atoms with Crippen LogP contribution in [0.4, 0.5) is 0 Å². The molecular formula is C17H23ClN2O. The van der Waals surface area contributed by atoms with Crippen molar-refractivity contribution in [3.05, 3.63) is 35.9 Å². The zero-order chi connectivity index (χ0) is 14.7. The molecule has 0 N–H and O–H groups in total. The summed E-state index contributed by atoms with van der Waals surface area (Å²) in [6.45, 7) is 2.97. The van der Waals surface area contributed by atoms with Crippen LogP contribution >= 0.6 is 11.6 Å². The Bertz CT molecular complexity index is 475. The number of rotatable bonds is 6. The fraction of sp³-hybridized carbons (Fsp3) is 0.588. The number of carbonyl (C=O) groups is 1. The van der Waals surface area contributed by atoms with Crippen LogP contribution in [0.1, 0.15) is 31.2 Å². The maximum atomic E-state index is 12.0. The zero-order valence-corrected chi connectivity index (χ0v) is 13.1. The third kappa shape index (κ3) is 3.78. The molecule has 1 amide bonds. The summed E-state index contributed by atoms with van der Waals surface area (Å²) >= 11 is 5.77. The Morgan fingerprint density at radius 1 is 1.24 bits per heavy atom. The summed E-state index contributed by atoms with van der Waals surface area (Å²) in [6, 6.07) is 11.5. The molecule has 3 nitrogen and oxygen atoms in total. The summed E-state index contributed by atoms with van der Waals surface area (Å²) < 4.78 is 0. The molecule has 1 aromatic carbocycles. The largest absolute Gasteiger partial charge is 0.337 e. The van der Waals surface area contributed by atoms with Gasteiger partial charge < -0.3 is 4.90 Å². The second-order valence-corrected chi connectivity index (χ2v) is 6.43. The van der Waals surface area contributed by atoms with Crippen molar-refractivity contribution in [3.63, 3.8) is 0 Å². The molecule has 1 saturated carbocycles. The van der Waals surface area contributed by atoms with Gasteiger partial charge in [0.25, 0.3) is 0 Å². The lowest BCUT2D eigenvalue weighted by Gasteiger charge is -2.31.